The van der Waals surface area contributed by atoms with Crippen molar-refractivity contribution in [2.24, 2.45) is 0 Å². The minimum Gasteiger partial charge on any atom is -0.481 e. The van der Waals surface area contributed by atoms with Crippen LogP contribution in [0.15, 0.2) is 4.34 Å². The summed E-state index contributed by atoms with van der Waals surface area (Å²) >= 11 is 2.50. The minimum atomic E-state index is -0.859. The van der Waals surface area contributed by atoms with Gasteiger partial charge in [-0.05, 0) is 6.92 Å². The molecule has 1 aromatic heterocycles. The maximum Gasteiger partial charge on any atom is 0.313 e. The van der Waals surface area contributed by atoms with Crippen molar-refractivity contribution >= 4 is 34.2 Å². The average Bonchev–Trinajstić information content (AvgIpc) is 2.63. The second-order valence-electron chi connectivity index (χ2n) is 3.06. The van der Waals surface area contributed by atoms with Crippen LogP contribution in [0.4, 0.5) is 5.13 Å². The number of thioether (sulfide) groups is 1. The highest BCUT2D eigenvalue weighted by molar-refractivity contribution is 8.01. The molecule has 0 aliphatic carbocycles. The number of methoxy groups -OCH3 is 1. The van der Waals surface area contributed by atoms with E-state index < -0.39 is 5.97 Å². The van der Waals surface area contributed by atoms with Crippen LogP contribution in [0.1, 0.15) is 6.92 Å². The number of anilines is 1. The number of nitrogens with one attached hydrogen (secondary N) is 1. The van der Waals surface area contributed by atoms with Crippen molar-refractivity contribution in [1.82, 2.24) is 10.2 Å². The van der Waals surface area contributed by atoms with Crippen LogP contribution in [0.25, 0.3) is 0 Å². The smallest absolute Gasteiger partial charge is 0.313 e. The van der Waals surface area contributed by atoms with Gasteiger partial charge in [0, 0.05) is 13.2 Å². The van der Waals surface area contributed by atoms with Gasteiger partial charge < -0.3 is 15.2 Å². The van der Waals surface area contributed by atoms with Crippen LogP contribution in [0.5, 0.6) is 0 Å². The van der Waals surface area contributed by atoms with E-state index in [1.54, 1.807) is 7.11 Å². The molecule has 0 saturated carbocycles. The zero-order valence-corrected chi connectivity index (χ0v) is 10.6. The predicted octanol–water partition coefficient (Wildman–Crippen LogP) is 1.16. The third-order valence-electron chi connectivity index (χ3n) is 1.51. The molecule has 8 heteroatoms. The number of carbonyl (C=O) groups is 1. The van der Waals surface area contributed by atoms with Gasteiger partial charge >= 0.3 is 5.97 Å². The van der Waals surface area contributed by atoms with Gasteiger partial charge in [0.05, 0.1) is 12.4 Å². The minimum absolute atomic E-state index is 0.00224. The Morgan fingerprint density at radius 1 is 1.69 bits per heavy atom. The Bertz CT molecular complexity index is 345. The quantitative estimate of drug-likeness (QED) is 0.714. The van der Waals surface area contributed by atoms with Crippen molar-refractivity contribution in [3.05, 3.63) is 0 Å². The summed E-state index contributed by atoms with van der Waals surface area (Å²) in [6.07, 6.45) is 0. The molecular weight excluding hydrogens is 250 g/mol. The van der Waals surface area contributed by atoms with Crippen LogP contribution >= 0.6 is 23.1 Å². The van der Waals surface area contributed by atoms with Gasteiger partial charge in [-0.15, -0.1) is 10.2 Å². The average molecular weight is 263 g/mol. The summed E-state index contributed by atoms with van der Waals surface area (Å²) in [5, 5.41) is 20.1. The van der Waals surface area contributed by atoms with Crippen LogP contribution < -0.4 is 5.32 Å². The van der Waals surface area contributed by atoms with E-state index in [1.807, 2.05) is 6.92 Å². The molecule has 0 spiro atoms. The van der Waals surface area contributed by atoms with Gasteiger partial charge in [0.25, 0.3) is 0 Å². The summed E-state index contributed by atoms with van der Waals surface area (Å²) in [4.78, 5) is 10.3. The van der Waals surface area contributed by atoms with Crippen molar-refractivity contribution in [3.8, 4) is 0 Å². The molecule has 16 heavy (non-hydrogen) atoms. The van der Waals surface area contributed by atoms with Crippen LogP contribution in [0.2, 0.25) is 0 Å². The topological polar surface area (TPSA) is 84.3 Å². The van der Waals surface area contributed by atoms with E-state index >= 15 is 0 Å². The van der Waals surface area contributed by atoms with Crippen LogP contribution in [-0.4, -0.2) is 46.8 Å². The van der Waals surface area contributed by atoms with E-state index in [-0.39, 0.29) is 11.8 Å². The molecular formula is C8H13N3O3S2. The third-order valence-corrected chi connectivity index (χ3v) is 3.48. The third kappa shape index (κ3) is 4.77. The van der Waals surface area contributed by atoms with Gasteiger partial charge in [-0.3, -0.25) is 4.79 Å². The summed E-state index contributed by atoms with van der Waals surface area (Å²) in [6, 6.07) is 0.148. The van der Waals surface area contributed by atoms with Crippen molar-refractivity contribution < 1.29 is 14.6 Å². The molecule has 1 atom stereocenters. The molecule has 0 amide bonds. The van der Waals surface area contributed by atoms with E-state index in [9.17, 15) is 4.79 Å². The lowest BCUT2D eigenvalue weighted by Gasteiger charge is -2.09. The Kier molecular flexibility index (Phi) is 5.50. The monoisotopic (exact) mass is 263 g/mol. The standard InChI is InChI=1S/C8H13N3O3S2/c1-5(3-14-2)9-7-10-11-8(16-7)15-4-6(12)13/h5H,3-4H2,1-2H3,(H,9,10)(H,12,13). The molecule has 0 aromatic carbocycles. The molecule has 0 bridgehead atoms. The Morgan fingerprint density at radius 3 is 3.06 bits per heavy atom. The number of hydrogen-bond acceptors (Lipinski definition) is 7. The molecule has 2 N–H and O–H groups in total. The Morgan fingerprint density at radius 2 is 2.44 bits per heavy atom. The number of carboxylic acids is 1. The predicted molar refractivity (Wildman–Crippen MR) is 63.2 cm³/mol. The number of aromatic nitrogens is 2. The fourth-order valence-electron chi connectivity index (χ4n) is 0.952. The van der Waals surface area contributed by atoms with Crippen molar-refractivity contribution in [2.45, 2.75) is 17.3 Å². The van der Waals surface area contributed by atoms with Gasteiger partial charge in [0.15, 0.2) is 4.34 Å². The molecule has 1 aromatic rings. The SMILES string of the molecule is COCC(C)Nc1nnc(SCC(=O)O)s1. The molecule has 90 valence electrons. The molecule has 1 rings (SSSR count). The Hall–Kier alpha value is -0.860. The molecule has 0 saturated heterocycles. The van der Waals surface area contributed by atoms with Crippen LogP contribution in [0.3, 0.4) is 0 Å². The van der Waals surface area contributed by atoms with E-state index in [0.717, 1.165) is 11.8 Å². The summed E-state index contributed by atoms with van der Waals surface area (Å²) < 4.78 is 5.62. The van der Waals surface area contributed by atoms with Crippen molar-refractivity contribution in [1.29, 1.82) is 0 Å². The van der Waals surface area contributed by atoms with E-state index in [0.29, 0.717) is 16.1 Å². The lowest BCUT2D eigenvalue weighted by molar-refractivity contribution is -0.133. The number of carboxylic acid groups (broad SMARTS) is 1. The van der Waals surface area contributed by atoms with E-state index in [4.69, 9.17) is 9.84 Å². The molecule has 1 heterocycles. The zero-order valence-electron chi connectivity index (χ0n) is 8.97. The molecule has 0 radical (unpaired) electrons. The van der Waals surface area contributed by atoms with Crippen LogP contribution in [-0.2, 0) is 9.53 Å². The molecule has 0 aliphatic rings. The first-order chi connectivity index (χ1) is 7.61. The van der Waals surface area contributed by atoms with Gasteiger partial charge in [0.2, 0.25) is 5.13 Å². The van der Waals surface area contributed by atoms with Gasteiger partial charge in [0.1, 0.15) is 0 Å². The fraction of sp³-hybridized carbons (Fsp3) is 0.625. The highest BCUT2D eigenvalue weighted by atomic mass is 32.2. The summed E-state index contributed by atoms with van der Waals surface area (Å²) in [5.41, 5.74) is 0. The second kappa shape index (κ2) is 6.66. The first-order valence-corrected chi connectivity index (χ1v) is 6.35. The lowest BCUT2D eigenvalue weighted by Crippen LogP contribution is -2.20. The fourth-order valence-corrected chi connectivity index (χ4v) is 2.54. The Labute approximate surface area is 101 Å². The summed E-state index contributed by atoms with van der Waals surface area (Å²) in [5.74, 6) is -0.857. The highest BCUT2D eigenvalue weighted by Crippen LogP contribution is 2.25. The van der Waals surface area contributed by atoms with E-state index in [2.05, 4.69) is 15.5 Å². The van der Waals surface area contributed by atoms with Crippen LogP contribution in [0, 0.1) is 0 Å². The number of nitrogens with zero attached hydrogens (tertiary/aromatic N) is 2. The number of ether oxygens (including phenoxy) is 1. The maximum absolute atomic E-state index is 10.3. The molecule has 0 fully saturated rings. The van der Waals surface area contributed by atoms with Crippen molar-refractivity contribution in [3.63, 3.8) is 0 Å². The summed E-state index contributed by atoms with van der Waals surface area (Å²) in [6.45, 7) is 2.55. The highest BCUT2D eigenvalue weighted by Gasteiger charge is 2.09. The number of rotatable bonds is 7. The first kappa shape index (κ1) is 13.2. The maximum atomic E-state index is 10.3. The molecule has 0 aliphatic heterocycles. The van der Waals surface area contributed by atoms with Gasteiger partial charge in [-0.2, -0.15) is 0 Å². The first-order valence-electron chi connectivity index (χ1n) is 4.55. The van der Waals surface area contributed by atoms with Gasteiger partial charge in [-0.1, -0.05) is 23.1 Å². The largest absolute Gasteiger partial charge is 0.481 e. The number of hydrogen-bond donors (Lipinski definition) is 2. The van der Waals surface area contributed by atoms with Gasteiger partial charge in [-0.25, -0.2) is 0 Å². The number of aliphatic carboxylic acids is 1. The van der Waals surface area contributed by atoms with E-state index in [1.165, 1.54) is 11.3 Å². The van der Waals surface area contributed by atoms with Crippen molar-refractivity contribution in [2.75, 3.05) is 24.8 Å². The molecule has 1 unspecified atom stereocenters. The Balaban J connectivity index is 2.41. The lowest BCUT2D eigenvalue weighted by atomic mass is 10.4. The zero-order chi connectivity index (χ0) is 12.0. The molecule has 6 nitrogen and oxygen atoms in total. The normalized spacial score (nSPS) is 12.4. The summed E-state index contributed by atoms with van der Waals surface area (Å²) in [7, 11) is 1.63. The second-order valence-corrected chi connectivity index (χ2v) is 5.26.